The van der Waals surface area contributed by atoms with E-state index in [1.54, 1.807) is 6.20 Å². The van der Waals surface area contributed by atoms with Crippen LogP contribution in [-0.2, 0) is 11.3 Å². The molecule has 0 bridgehead atoms. The summed E-state index contributed by atoms with van der Waals surface area (Å²) in [6.45, 7) is 7.11. The summed E-state index contributed by atoms with van der Waals surface area (Å²) in [6, 6.07) is 4.01. The van der Waals surface area contributed by atoms with E-state index in [-0.39, 0.29) is 17.8 Å². The van der Waals surface area contributed by atoms with Gasteiger partial charge in [-0.2, -0.15) is 0 Å². The number of carboxylic acid groups (broad SMARTS) is 1. The van der Waals surface area contributed by atoms with Gasteiger partial charge in [0.05, 0.1) is 0 Å². The average Bonchev–Trinajstić information content (AvgIpc) is 2.34. The van der Waals surface area contributed by atoms with Crippen LogP contribution in [0.15, 0.2) is 24.5 Å². The summed E-state index contributed by atoms with van der Waals surface area (Å²) in [4.78, 5) is 17.5. The zero-order valence-corrected chi connectivity index (χ0v) is 11.7. The number of aromatic nitrogens is 1. The lowest BCUT2D eigenvalue weighted by Crippen LogP contribution is -2.45. The van der Waals surface area contributed by atoms with Gasteiger partial charge in [-0.15, -0.1) is 0 Å². The van der Waals surface area contributed by atoms with Crippen LogP contribution in [0.4, 0.5) is 0 Å². The first-order valence-electron chi connectivity index (χ1n) is 6.80. The van der Waals surface area contributed by atoms with Gasteiger partial charge in [0.2, 0.25) is 0 Å². The molecule has 0 spiro atoms. The minimum absolute atomic E-state index is 0.115. The molecule has 104 valence electrons. The van der Waals surface area contributed by atoms with E-state index >= 15 is 0 Å². The Morgan fingerprint density at radius 3 is 3.00 bits per heavy atom. The van der Waals surface area contributed by atoms with Crippen LogP contribution in [0.5, 0.6) is 0 Å². The van der Waals surface area contributed by atoms with Crippen molar-refractivity contribution in [1.82, 2.24) is 9.88 Å². The Morgan fingerprint density at radius 2 is 2.37 bits per heavy atom. The van der Waals surface area contributed by atoms with Crippen LogP contribution in [0.3, 0.4) is 0 Å². The third-order valence-corrected chi connectivity index (χ3v) is 4.21. The van der Waals surface area contributed by atoms with Crippen LogP contribution in [0.1, 0.15) is 32.3 Å². The first kappa shape index (κ1) is 14.0. The summed E-state index contributed by atoms with van der Waals surface area (Å²) < 4.78 is 0. The van der Waals surface area contributed by atoms with E-state index in [1.165, 1.54) is 5.56 Å². The Balaban J connectivity index is 1.99. The molecule has 1 unspecified atom stereocenters. The molecule has 4 heteroatoms. The van der Waals surface area contributed by atoms with Gasteiger partial charge in [0, 0.05) is 31.9 Å². The molecule has 1 fully saturated rings. The molecule has 0 saturated carbocycles. The molecule has 1 atom stereocenters. The maximum Gasteiger partial charge on any atom is 0.303 e. The SMILES string of the molecule is CC1(C)CCN(Cc2cccnc2)CC1CC(=O)O. The molecule has 1 saturated heterocycles. The number of nitrogens with zero attached hydrogens (tertiary/aromatic N) is 2. The second-order valence-electron chi connectivity index (χ2n) is 6.13. The van der Waals surface area contributed by atoms with Crippen molar-refractivity contribution in [3.63, 3.8) is 0 Å². The van der Waals surface area contributed by atoms with Gasteiger partial charge in [0.25, 0.3) is 0 Å². The minimum Gasteiger partial charge on any atom is -0.481 e. The maximum atomic E-state index is 11.0. The second kappa shape index (κ2) is 5.70. The number of pyridine rings is 1. The predicted molar refractivity (Wildman–Crippen MR) is 73.7 cm³/mol. The highest BCUT2D eigenvalue weighted by atomic mass is 16.4. The molecule has 0 aliphatic carbocycles. The smallest absolute Gasteiger partial charge is 0.303 e. The number of hydrogen-bond acceptors (Lipinski definition) is 3. The predicted octanol–water partition coefficient (Wildman–Crippen LogP) is 2.40. The van der Waals surface area contributed by atoms with Gasteiger partial charge in [-0.1, -0.05) is 19.9 Å². The van der Waals surface area contributed by atoms with Crippen molar-refractivity contribution in [2.75, 3.05) is 13.1 Å². The largest absolute Gasteiger partial charge is 0.481 e. The first-order chi connectivity index (χ1) is 8.97. The molecule has 4 nitrogen and oxygen atoms in total. The minimum atomic E-state index is -0.693. The number of piperidine rings is 1. The molecule has 1 aliphatic rings. The van der Waals surface area contributed by atoms with Gasteiger partial charge in [0.1, 0.15) is 0 Å². The Kier molecular flexibility index (Phi) is 4.20. The van der Waals surface area contributed by atoms with Crippen LogP contribution in [0.2, 0.25) is 0 Å². The fraction of sp³-hybridized carbons (Fsp3) is 0.600. The lowest BCUT2D eigenvalue weighted by atomic mass is 9.72. The van der Waals surface area contributed by atoms with E-state index in [1.807, 2.05) is 12.3 Å². The molecule has 1 aromatic rings. The number of aliphatic carboxylic acids is 1. The third-order valence-electron chi connectivity index (χ3n) is 4.21. The summed E-state index contributed by atoms with van der Waals surface area (Å²) in [6.07, 6.45) is 4.96. The molecule has 0 amide bonds. The van der Waals surface area contributed by atoms with Crippen molar-refractivity contribution < 1.29 is 9.90 Å². The fourth-order valence-electron chi connectivity index (χ4n) is 2.75. The Morgan fingerprint density at radius 1 is 1.58 bits per heavy atom. The first-order valence-corrected chi connectivity index (χ1v) is 6.80. The number of likely N-dealkylation sites (tertiary alicyclic amines) is 1. The lowest BCUT2D eigenvalue weighted by molar-refractivity contribution is -0.140. The summed E-state index contributed by atoms with van der Waals surface area (Å²) in [5, 5.41) is 9.05. The van der Waals surface area contributed by atoms with E-state index in [0.29, 0.717) is 0 Å². The molecule has 2 heterocycles. The van der Waals surface area contributed by atoms with Gasteiger partial charge in [-0.3, -0.25) is 14.7 Å². The van der Waals surface area contributed by atoms with E-state index in [2.05, 4.69) is 29.8 Å². The van der Waals surface area contributed by atoms with E-state index in [9.17, 15) is 4.79 Å². The summed E-state index contributed by atoms with van der Waals surface area (Å²) >= 11 is 0. The van der Waals surface area contributed by atoms with Crippen molar-refractivity contribution in [2.24, 2.45) is 11.3 Å². The van der Waals surface area contributed by atoms with Crippen molar-refractivity contribution in [3.05, 3.63) is 30.1 Å². The number of rotatable bonds is 4. The Labute approximate surface area is 114 Å². The summed E-state index contributed by atoms with van der Waals surface area (Å²) in [5.41, 5.74) is 1.31. The molecular formula is C15H22N2O2. The molecule has 0 radical (unpaired) electrons. The van der Waals surface area contributed by atoms with Crippen LogP contribution in [-0.4, -0.2) is 34.0 Å². The Bertz CT molecular complexity index is 431. The topological polar surface area (TPSA) is 53.4 Å². The normalized spacial score (nSPS) is 23.2. The standard InChI is InChI=1S/C15H22N2O2/c1-15(2)5-7-17(11-13(15)8-14(18)19)10-12-4-3-6-16-9-12/h3-4,6,9,13H,5,7-8,10-11H2,1-2H3,(H,18,19). The van der Waals surface area contributed by atoms with E-state index in [4.69, 9.17) is 5.11 Å². The molecule has 0 aromatic carbocycles. The number of carboxylic acids is 1. The van der Waals surface area contributed by atoms with Gasteiger partial charge in [0.15, 0.2) is 0 Å². The van der Waals surface area contributed by atoms with Crippen LogP contribution in [0.25, 0.3) is 0 Å². The fourth-order valence-corrected chi connectivity index (χ4v) is 2.75. The zero-order chi connectivity index (χ0) is 13.9. The highest BCUT2D eigenvalue weighted by Gasteiger charge is 2.36. The van der Waals surface area contributed by atoms with Crippen LogP contribution >= 0.6 is 0 Å². The third kappa shape index (κ3) is 3.77. The average molecular weight is 262 g/mol. The van der Waals surface area contributed by atoms with Crippen molar-refractivity contribution in [2.45, 2.75) is 33.2 Å². The zero-order valence-electron chi connectivity index (χ0n) is 11.7. The van der Waals surface area contributed by atoms with Crippen molar-refractivity contribution in [3.8, 4) is 0 Å². The highest BCUT2D eigenvalue weighted by molar-refractivity contribution is 5.67. The molecule has 1 aromatic heterocycles. The van der Waals surface area contributed by atoms with Crippen molar-refractivity contribution >= 4 is 5.97 Å². The summed E-state index contributed by atoms with van der Waals surface area (Å²) in [7, 11) is 0. The molecule has 1 N–H and O–H groups in total. The second-order valence-corrected chi connectivity index (χ2v) is 6.13. The Hall–Kier alpha value is -1.42. The number of hydrogen-bond donors (Lipinski definition) is 1. The van der Waals surface area contributed by atoms with Gasteiger partial charge in [-0.25, -0.2) is 0 Å². The van der Waals surface area contributed by atoms with Gasteiger partial charge in [-0.05, 0) is 35.9 Å². The highest BCUT2D eigenvalue weighted by Crippen LogP contribution is 2.37. The molecule has 19 heavy (non-hydrogen) atoms. The monoisotopic (exact) mass is 262 g/mol. The maximum absolute atomic E-state index is 11.0. The molecule has 1 aliphatic heterocycles. The summed E-state index contributed by atoms with van der Waals surface area (Å²) in [5.74, 6) is -0.475. The van der Waals surface area contributed by atoms with Crippen molar-refractivity contribution in [1.29, 1.82) is 0 Å². The lowest BCUT2D eigenvalue weighted by Gasteiger charge is -2.43. The van der Waals surface area contributed by atoms with E-state index < -0.39 is 5.97 Å². The molecule has 2 rings (SSSR count). The van der Waals surface area contributed by atoms with Gasteiger partial charge >= 0.3 is 5.97 Å². The van der Waals surface area contributed by atoms with Gasteiger partial charge < -0.3 is 5.11 Å². The number of carbonyl (C=O) groups is 1. The quantitative estimate of drug-likeness (QED) is 0.905. The van der Waals surface area contributed by atoms with Crippen LogP contribution in [0, 0.1) is 11.3 Å². The molecular weight excluding hydrogens is 240 g/mol. The van der Waals surface area contributed by atoms with E-state index in [0.717, 1.165) is 26.1 Å². The van der Waals surface area contributed by atoms with Crippen LogP contribution < -0.4 is 0 Å².